The zero-order valence-corrected chi connectivity index (χ0v) is 19.2. The van der Waals surface area contributed by atoms with Crippen molar-refractivity contribution in [3.63, 3.8) is 0 Å². The third-order valence-corrected chi connectivity index (χ3v) is 8.36. The molecule has 3 rings (SSSR count). The summed E-state index contributed by atoms with van der Waals surface area (Å²) >= 11 is 0. The zero-order chi connectivity index (χ0) is 22.3. The summed E-state index contributed by atoms with van der Waals surface area (Å²) in [5, 5.41) is 10.6. The second kappa shape index (κ2) is 8.33. The molecule has 2 aliphatic carbocycles. The van der Waals surface area contributed by atoms with E-state index >= 15 is 0 Å². The number of fused-ring (bicyclic) bond motifs is 1. The van der Waals surface area contributed by atoms with Gasteiger partial charge in [-0.2, -0.15) is 0 Å². The van der Waals surface area contributed by atoms with Gasteiger partial charge in [-0.1, -0.05) is 38.5 Å². The van der Waals surface area contributed by atoms with Crippen molar-refractivity contribution in [1.29, 1.82) is 0 Å². The van der Waals surface area contributed by atoms with Crippen LogP contribution in [-0.4, -0.2) is 35.9 Å². The molecular formula is C25H36O5. The van der Waals surface area contributed by atoms with Crippen LogP contribution in [0.3, 0.4) is 0 Å². The number of ether oxygens (including phenoxy) is 2. The standard InChI is InChI=1S/C25H36O5/c1-7-15(2)23(28)30-21-11-16(3)24(5,9-8-18-12-22(27)29-14-18)20-13-19(26)10-17(4)25(20,21)6/h7,10,12,16,19-21,26H,8-9,11,13-14H2,1-6H3. The van der Waals surface area contributed by atoms with Crippen molar-refractivity contribution in [3.8, 4) is 0 Å². The fourth-order valence-electron chi connectivity index (χ4n) is 5.83. The van der Waals surface area contributed by atoms with Crippen LogP contribution in [-0.2, 0) is 19.1 Å². The Bertz CT molecular complexity index is 806. The highest BCUT2D eigenvalue weighted by Gasteiger charge is 2.59. The SMILES string of the molecule is CC=C(C)C(=O)OC1CC(C)C(C)(CCC2=CC(=O)OC2)C2CC(O)C=C(C)C12C. The first-order valence-corrected chi connectivity index (χ1v) is 11.1. The average molecular weight is 417 g/mol. The van der Waals surface area contributed by atoms with E-state index in [1.54, 1.807) is 19.1 Å². The maximum Gasteiger partial charge on any atom is 0.333 e. The lowest BCUT2D eigenvalue weighted by Crippen LogP contribution is -2.58. The predicted molar refractivity (Wildman–Crippen MR) is 115 cm³/mol. The van der Waals surface area contributed by atoms with Gasteiger partial charge < -0.3 is 14.6 Å². The molecule has 3 aliphatic rings. The number of allylic oxidation sites excluding steroid dienone is 1. The van der Waals surface area contributed by atoms with Crippen LogP contribution >= 0.6 is 0 Å². The molecule has 6 unspecified atom stereocenters. The van der Waals surface area contributed by atoms with Crippen LogP contribution in [0.4, 0.5) is 0 Å². The molecule has 0 aromatic heterocycles. The van der Waals surface area contributed by atoms with Gasteiger partial charge in [0.1, 0.15) is 12.7 Å². The van der Waals surface area contributed by atoms with Gasteiger partial charge in [0.05, 0.1) is 6.10 Å². The average Bonchev–Trinajstić information content (AvgIpc) is 3.11. The van der Waals surface area contributed by atoms with E-state index in [2.05, 4.69) is 27.7 Å². The van der Waals surface area contributed by atoms with Gasteiger partial charge in [0.25, 0.3) is 0 Å². The van der Waals surface area contributed by atoms with Crippen molar-refractivity contribution in [2.24, 2.45) is 22.7 Å². The first-order chi connectivity index (χ1) is 14.0. The molecule has 0 amide bonds. The molecule has 0 spiro atoms. The minimum atomic E-state index is -0.489. The smallest absolute Gasteiger partial charge is 0.333 e. The number of carbonyl (C=O) groups is 2. The largest absolute Gasteiger partial charge is 0.458 e. The minimum Gasteiger partial charge on any atom is -0.458 e. The van der Waals surface area contributed by atoms with Gasteiger partial charge in [-0.25, -0.2) is 9.59 Å². The highest BCUT2D eigenvalue weighted by Crippen LogP contribution is 2.62. The van der Waals surface area contributed by atoms with Crippen LogP contribution < -0.4 is 0 Å². The van der Waals surface area contributed by atoms with Crippen molar-refractivity contribution in [2.75, 3.05) is 6.61 Å². The van der Waals surface area contributed by atoms with Crippen molar-refractivity contribution in [3.05, 3.63) is 34.9 Å². The normalized spacial score (nSPS) is 39.0. The maximum atomic E-state index is 12.6. The monoisotopic (exact) mass is 416 g/mol. The van der Waals surface area contributed by atoms with E-state index < -0.39 is 6.10 Å². The van der Waals surface area contributed by atoms with Crippen LogP contribution in [0.5, 0.6) is 0 Å². The van der Waals surface area contributed by atoms with E-state index in [-0.39, 0.29) is 34.8 Å². The zero-order valence-electron chi connectivity index (χ0n) is 19.2. The van der Waals surface area contributed by atoms with Crippen LogP contribution in [0.15, 0.2) is 34.9 Å². The molecule has 0 radical (unpaired) electrons. The summed E-state index contributed by atoms with van der Waals surface area (Å²) in [5.74, 6) is -0.0501. The number of esters is 2. The number of aliphatic hydroxyl groups is 1. The molecule has 1 heterocycles. The molecule has 30 heavy (non-hydrogen) atoms. The summed E-state index contributed by atoms with van der Waals surface area (Å²) in [7, 11) is 0. The van der Waals surface area contributed by atoms with Gasteiger partial charge in [0.2, 0.25) is 0 Å². The Balaban J connectivity index is 1.93. The Morgan fingerprint density at radius 1 is 1.37 bits per heavy atom. The Hall–Kier alpha value is -1.88. The Kier molecular flexibility index (Phi) is 6.33. The maximum absolute atomic E-state index is 12.6. The molecule has 1 fully saturated rings. The van der Waals surface area contributed by atoms with Crippen LogP contribution in [0, 0.1) is 22.7 Å². The molecule has 1 N–H and O–H groups in total. The van der Waals surface area contributed by atoms with Gasteiger partial charge in [-0.3, -0.25) is 0 Å². The molecule has 5 nitrogen and oxygen atoms in total. The van der Waals surface area contributed by atoms with E-state index in [4.69, 9.17) is 9.47 Å². The molecule has 0 aromatic carbocycles. The lowest BCUT2D eigenvalue weighted by Gasteiger charge is -2.61. The van der Waals surface area contributed by atoms with Crippen LogP contribution in [0.1, 0.15) is 67.2 Å². The second-order valence-corrected chi connectivity index (χ2v) is 9.91. The summed E-state index contributed by atoms with van der Waals surface area (Å²) in [5.41, 5.74) is 2.36. The molecular weight excluding hydrogens is 380 g/mol. The fourth-order valence-corrected chi connectivity index (χ4v) is 5.83. The Labute approximate surface area is 180 Å². The number of carbonyl (C=O) groups excluding carboxylic acids is 2. The van der Waals surface area contributed by atoms with Crippen molar-refractivity contribution in [1.82, 2.24) is 0 Å². The van der Waals surface area contributed by atoms with E-state index in [9.17, 15) is 14.7 Å². The quantitative estimate of drug-likeness (QED) is 0.406. The Morgan fingerprint density at radius 2 is 2.07 bits per heavy atom. The van der Waals surface area contributed by atoms with E-state index in [0.29, 0.717) is 24.5 Å². The molecule has 1 saturated carbocycles. The molecule has 1 aliphatic heterocycles. The predicted octanol–water partition coefficient (Wildman–Crippen LogP) is 4.51. The van der Waals surface area contributed by atoms with Crippen molar-refractivity contribution >= 4 is 11.9 Å². The number of hydrogen-bond acceptors (Lipinski definition) is 5. The minimum absolute atomic E-state index is 0.0593. The van der Waals surface area contributed by atoms with E-state index in [1.807, 2.05) is 13.0 Å². The summed E-state index contributed by atoms with van der Waals surface area (Å²) in [6, 6.07) is 0. The van der Waals surface area contributed by atoms with Crippen molar-refractivity contribution < 1.29 is 24.2 Å². The summed E-state index contributed by atoms with van der Waals surface area (Å²) < 4.78 is 11.1. The van der Waals surface area contributed by atoms with Gasteiger partial charge >= 0.3 is 11.9 Å². The first-order valence-electron chi connectivity index (χ1n) is 11.1. The molecule has 0 saturated heterocycles. The third kappa shape index (κ3) is 3.89. The van der Waals surface area contributed by atoms with Gasteiger partial charge in [0, 0.05) is 17.1 Å². The van der Waals surface area contributed by atoms with Gasteiger partial charge in [-0.05, 0) is 69.3 Å². The lowest BCUT2D eigenvalue weighted by molar-refractivity contribution is -0.175. The van der Waals surface area contributed by atoms with Crippen LogP contribution in [0.2, 0.25) is 0 Å². The number of hydrogen-bond donors (Lipinski definition) is 1. The second-order valence-electron chi connectivity index (χ2n) is 9.91. The van der Waals surface area contributed by atoms with Crippen molar-refractivity contribution in [2.45, 2.75) is 79.4 Å². The summed E-state index contributed by atoms with van der Waals surface area (Å²) in [4.78, 5) is 24.1. The van der Waals surface area contributed by atoms with Gasteiger partial charge in [-0.15, -0.1) is 0 Å². The Morgan fingerprint density at radius 3 is 2.67 bits per heavy atom. The number of rotatable bonds is 5. The summed E-state index contributed by atoms with van der Waals surface area (Å²) in [6.45, 7) is 12.8. The topological polar surface area (TPSA) is 72.8 Å². The molecule has 166 valence electrons. The lowest BCUT2D eigenvalue weighted by atomic mass is 9.45. The molecule has 6 atom stereocenters. The third-order valence-electron chi connectivity index (χ3n) is 8.36. The number of aliphatic hydroxyl groups excluding tert-OH is 1. The first kappa shape index (κ1) is 22.8. The fraction of sp³-hybridized carbons (Fsp3) is 0.680. The highest BCUT2D eigenvalue weighted by molar-refractivity contribution is 5.87. The summed E-state index contributed by atoms with van der Waals surface area (Å²) in [6.07, 6.45) is 7.76. The van der Waals surface area contributed by atoms with Crippen LogP contribution in [0.25, 0.3) is 0 Å². The number of cyclic esters (lactones) is 1. The molecule has 0 aromatic rings. The molecule has 0 bridgehead atoms. The van der Waals surface area contributed by atoms with Gasteiger partial charge in [0.15, 0.2) is 0 Å². The van der Waals surface area contributed by atoms with E-state index in [1.165, 1.54) is 0 Å². The highest BCUT2D eigenvalue weighted by atomic mass is 16.5. The molecule has 5 heteroatoms. The van der Waals surface area contributed by atoms with E-state index in [0.717, 1.165) is 30.4 Å².